The summed E-state index contributed by atoms with van der Waals surface area (Å²) < 4.78 is 10.6. The van der Waals surface area contributed by atoms with Crippen molar-refractivity contribution in [3.05, 3.63) is 70.3 Å². The number of ether oxygens (including phenoxy) is 2. The molecule has 0 heterocycles. The number of methoxy groups -OCH3 is 1. The molecule has 0 radical (unpaired) electrons. The van der Waals surface area contributed by atoms with E-state index in [2.05, 4.69) is 5.32 Å². The van der Waals surface area contributed by atoms with E-state index in [1.165, 1.54) is 19.3 Å². The Morgan fingerprint density at radius 3 is 2.65 bits per heavy atom. The summed E-state index contributed by atoms with van der Waals surface area (Å²) in [5, 5.41) is 12.6. The molecule has 0 atom stereocenters. The topological polar surface area (TPSA) is 88.4 Å². The Labute approximate surface area is 186 Å². The molecule has 0 aliphatic carbocycles. The molecule has 0 aliphatic heterocycles. The molecule has 2 rings (SSSR count). The summed E-state index contributed by atoms with van der Waals surface area (Å²) in [5.41, 5.74) is 1.30. The number of benzene rings is 2. The monoisotopic (exact) mass is 438 g/mol. The van der Waals surface area contributed by atoms with Crippen LogP contribution in [-0.4, -0.2) is 25.5 Å². The fraction of sp³-hybridized carbons (Fsp3) is 0.208. The molecule has 0 aliphatic rings. The van der Waals surface area contributed by atoms with Crippen LogP contribution in [0.2, 0.25) is 5.02 Å². The molecule has 160 valence electrons. The molecule has 7 heteroatoms. The summed E-state index contributed by atoms with van der Waals surface area (Å²) in [4.78, 5) is 24.3. The summed E-state index contributed by atoms with van der Waals surface area (Å²) in [6.45, 7) is 2.52. The minimum atomic E-state index is -0.588. The van der Waals surface area contributed by atoms with E-state index in [4.69, 9.17) is 21.1 Å². The van der Waals surface area contributed by atoms with Gasteiger partial charge in [-0.15, -0.1) is 0 Å². The third-order valence-electron chi connectivity index (χ3n) is 4.15. The number of unbranched alkanes of at least 4 members (excludes halogenated alkanes) is 1. The zero-order valence-electron chi connectivity index (χ0n) is 17.4. The second kappa shape index (κ2) is 12.2. The molecule has 6 nitrogen and oxygen atoms in total. The number of hydrogen-bond acceptors (Lipinski definition) is 5. The van der Waals surface area contributed by atoms with Crippen molar-refractivity contribution < 1.29 is 19.1 Å². The van der Waals surface area contributed by atoms with Crippen LogP contribution in [0.4, 0.5) is 0 Å². The summed E-state index contributed by atoms with van der Waals surface area (Å²) in [6, 6.07) is 13.7. The first-order valence-corrected chi connectivity index (χ1v) is 10.1. The first kappa shape index (κ1) is 23.7. The van der Waals surface area contributed by atoms with Crippen LogP contribution in [0.5, 0.6) is 11.5 Å². The van der Waals surface area contributed by atoms with Gasteiger partial charge in [-0.05, 0) is 54.0 Å². The highest BCUT2D eigenvalue weighted by Crippen LogP contribution is 2.29. The Hall–Kier alpha value is -3.56. The number of rotatable bonds is 9. The molecule has 0 spiro atoms. The number of halogens is 1. The fourth-order valence-corrected chi connectivity index (χ4v) is 2.76. The molecule has 1 amide bonds. The van der Waals surface area contributed by atoms with Crippen molar-refractivity contribution in [1.82, 2.24) is 5.32 Å². The Bertz CT molecular complexity index is 1040. The van der Waals surface area contributed by atoms with Gasteiger partial charge in [0.2, 0.25) is 0 Å². The average molecular weight is 439 g/mol. The lowest BCUT2D eigenvalue weighted by molar-refractivity contribution is -0.129. The smallest absolute Gasteiger partial charge is 0.336 e. The summed E-state index contributed by atoms with van der Waals surface area (Å²) >= 11 is 5.93. The first-order valence-electron chi connectivity index (χ1n) is 9.70. The third-order valence-corrected chi connectivity index (χ3v) is 4.39. The Balaban J connectivity index is 2.12. The number of esters is 1. The average Bonchev–Trinajstić information content (AvgIpc) is 2.77. The lowest BCUT2D eigenvalue weighted by atomic mass is 10.1. The van der Waals surface area contributed by atoms with E-state index in [0.29, 0.717) is 22.9 Å². The molecule has 0 unspecified atom stereocenters. The van der Waals surface area contributed by atoms with Crippen LogP contribution in [0.3, 0.4) is 0 Å². The maximum absolute atomic E-state index is 12.2. The van der Waals surface area contributed by atoms with Gasteiger partial charge in [-0.3, -0.25) is 4.79 Å². The van der Waals surface area contributed by atoms with E-state index in [0.717, 1.165) is 18.4 Å². The Morgan fingerprint density at radius 2 is 1.97 bits per heavy atom. The summed E-state index contributed by atoms with van der Waals surface area (Å²) in [7, 11) is 1.44. The number of hydrogen-bond donors (Lipinski definition) is 1. The number of carbonyl (C=O) groups excluding carboxylic acids is 2. The zero-order chi connectivity index (χ0) is 22.6. The molecule has 0 aromatic heterocycles. The minimum absolute atomic E-state index is 0.0210. The van der Waals surface area contributed by atoms with Crippen molar-refractivity contribution in [1.29, 1.82) is 5.26 Å². The van der Waals surface area contributed by atoms with Crippen molar-refractivity contribution in [3.8, 4) is 17.6 Å². The van der Waals surface area contributed by atoms with Crippen LogP contribution in [0.15, 0.2) is 54.1 Å². The maximum atomic E-state index is 12.2. The number of carbonyl (C=O) groups is 2. The van der Waals surface area contributed by atoms with Crippen molar-refractivity contribution in [2.45, 2.75) is 19.8 Å². The molecule has 0 saturated heterocycles. The molecule has 31 heavy (non-hydrogen) atoms. The number of amides is 1. The standard InChI is InChI=1S/C24H23ClN2O4/c1-3-4-12-27-24(29)19(16-26)13-18-8-10-21(22(15-18)30-2)31-23(28)11-9-17-6-5-7-20(25)14-17/h5-11,13-15H,3-4,12H2,1-2H3,(H,27,29)/b11-9+,19-13+. The lowest BCUT2D eigenvalue weighted by Gasteiger charge is -2.09. The van der Waals surface area contributed by atoms with Crippen molar-refractivity contribution in [3.63, 3.8) is 0 Å². The summed E-state index contributed by atoms with van der Waals surface area (Å²) in [5.74, 6) is -0.514. The molecule has 2 aromatic carbocycles. The fourth-order valence-electron chi connectivity index (χ4n) is 2.56. The van der Waals surface area contributed by atoms with E-state index in [9.17, 15) is 14.9 Å². The van der Waals surface area contributed by atoms with Crippen LogP contribution in [0, 0.1) is 11.3 Å². The molecular formula is C24H23ClN2O4. The van der Waals surface area contributed by atoms with Gasteiger partial charge in [-0.1, -0.05) is 43.1 Å². The highest BCUT2D eigenvalue weighted by atomic mass is 35.5. The highest BCUT2D eigenvalue weighted by molar-refractivity contribution is 6.30. The van der Waals surface area contributed by atoms with E-state index < -0.39 is 11.9 Å². The van der Waals surface area contributed by atoms with Crippen molar-refractivity contribution in [2.75, 3.05) is 13.7 Å². The van der Waals surface area contributed by atoms with E-state index in [1.807, 2.05) is 19.1 Å². The predicted octanol–water partition coefficient (Wildman–Crippen LogP) is 4.79. The van der Waals surface area contributed by atoms with Gasteiger partial charge in [0, 0.05) is 17.6 Å². The molecule has 0 fully saturated rings. The Kier molecular flexibility index (Phi) is 9.34. The van der Waals surface area contributed by atoms with Crippen LogP contribution in [0.1, 0.15) is 30.9 Å². The largest absolute Gasteiger partial charge is 0.493 e. The molecule has 0 bridgehead atoms. The predicted molar refractivity (Wildman–Crippen MR) is 121 cm³/mol. The van der Waals surface area contributed by atoms with Crippen LogP contribution >= 0.6 is 11.6 Å². The van der Waals surface area contributed by atoms with E-state index in [-0.39, 0.29) is 11.3 Å². The second-order valence-corrected chi connectivity index (χ2v) is 6.94. The first-order chi connectivity index (χ1) is 15.0. The SMILES string of the molecule is CCCCNC(=O)/C(C#N)=C/c1ccc(OC(=O)/C=C/c2cccc(Cl)c2)c(OC)c1. The van der Waals surface area contributed by atoms with Gasteiger partial charge in [0.1, 0.15) is 11.6 Å². The molecule has 0 saturated carbocycles. The number of nitriles is 1. The minimum Gasteiger partial charge on any atom is -0.493 e. The number of nitrogens with zero attached hydrogens (tertiary/aromatic N) is 1. The van der Waals surface area contributed by atoms with Crippen LogP contribution in [-0.2, 0) is 9.59 Å². The highest BCUT2D eigenvalue weighted by Gasteiger charge is 2.12. The van der Waals surface area contributed by atoms with Crippen molar-refractivity contribution >= 4 is 35.6 Å². The second-order valence-electron chi connectivity index (χ2n) is 6.50. The van der Waals surface area contributed by atoms with Gasteiger partial charge >= 0.3 is 5.97 Å². The van der Waals surface area contributed by atoms with Crippen LogP contribution < -0.4 is 14.8 Å². The van der Waals surface area contributed by atoms with Gasteiger partial charge in [0.15, 0.2) is 11.5 Å². The Morgan fingerprint density at radius 1 is 1.16 bits per heavy atom. The normalized spacial score (nSPS) is 11.1. The zero-order valence-corrected chi connectivity index (χ0v) is 18.1. The van der Waals surface area contributed by atoms with Gasteiger partial charge in [-0.2, -0.15) is 5.26 Å². The van der Waals surface area contributed by atoms with E-state index >= 15 is 0 Å². The molecule has 2 aromatic rings. The summed E-state index contributed by atoms with van der Waals surface area (Å²) in [6.07, 6.45) is 6.11. The lowest BCUT2D eigenvalue weighted by Crippen LogP contribution is -2.25. The molecular weight excluding hydrogens is 416 g/mol. The van der Waals surface area contributed by atoms with E-state index in [1.54, 1.807) is 42.5 Å². The van der Waals surface area contributed by atoms with Crippen molar-refractivity contribution in [2.24, 2.45) is 0 Å². The van der Waals surface area contributed by atoms with Gasteiger partial charge < -0.3 is 14.8 Å². The third kappa shape index (κ3) is 7.65. The number of nitrogens with one attached hydrogen (secondary N) is 1. The maximum Gasteiger partial charge on any atom is 0.336 e. The quantitative estimate of drug-likeness (QED) is 0.200. The van der Waals surface area contributed by atoms with Gasteiger partial charge in [0.25, 0.3) is 5.91 Å². The van der Waals surface area contributed by atoms with Gasteiger partial charge in [-0.25, -0.2) is 4.79 Å². The molecule has 1 N–H and O–H groups in total. The van der Waals surface area contributed by atoms with Crippen LogP contribution in [0.25, 0.3) is 12.2 Å². The van der Waals surface area contributed by atoms with Gasteiger partial charge in [0.05, 0.1) is 7.11 Å².